The van der Waals surface area contributed by atoms with Crippen molar-refractivity contribution in [3.05, 3.63) is 41.0 Å². The number of benzene rings is 1. The first kappa shape index (κ1) is 18.2. The van der Waals surface area contributed by atoms with Gasteiger partial charge < -0.3 is 15.2 Å². The third-order valence-corrected chi connectivity index (χ3v) is 5.28. The van der Waals surface area contributed by atoms with Gasteiger partial charge in [0.1, 0.15) is 5.92 Å². The first-order valence-corrected chi connectivity index (χ1v) is 8.64. The Balaban J connectivity index is 0.00000182. The third kappa shape index (κ3) is 3.26. The Morgan fingerprint density at radius 1 is 1.24 bits per heavy atom. The predicted molar refractivity (Wildman–Crippen MR) is 97.0 cm³/mol. The highest BCUT2D eigenvalue weighted by Crippen LogP contribution is 2.37. The lowest BCUT2D eigenvalue weighted by Crippen LogP contribution is -2.34. The lowest BCUT2D eigenvalue weighted by atomic mass is 9.98. The Morgan fingerprint density at radius 3 is 2.60 bits per heavy atom. The average Bonchev–Trinajstić information content (AvgIpc) is 3.28. The number of halogens is 2. The third-order valence-electron chi connectivity index (χ3n) is 5.02. The van der Waals surface area contributed by atoms with Crippen LogP contribution in [0.25, 0.3) is 0 Å². The van der Waals surface area contributed by atoms with Crippen molar-refractivity contribution in [2.24, 2.45) is 5.73 Å². The molecule has 1 atom stereocenters. The first-order valence-electron chi connectivity index (χ1n) is 8.27. The van der Waals surface area contributed by atoms with Crippen LogP contribution >= 0.6 is 24.0 Å². The number of nitrogens with zero attached hydrogens (tertiary/aromatic N) is 3. The molecule has 1 saturated heterocycles. The maximum atomic E-state index is 12.7. The highest BCUT2D eigenvalue weighted by Gasteiger charge is 2.40. The minimum atomic E-state index is -0.501. The van der Waals surface area contributed by atoms with Crippen molar-refractivity contribution in [2.45, 2.75) is 43.6 Å². The van der Waals surface area contributed by atoms with E-state index in [2.05, 4.69) is 10.1 Å². The Hall–Kier alpha value is -1.63. The molecule has 8 heteroatoms. The summed E-state index contributed by atoms with van der Waals surface area (Å²) in [5.41, 5.74) is 6.70. The van der Waals surface area contributed by atoms with Gasteiger partial charge in [-0.15, -0.1) is 12.4 Å². The van der Waals surface area contributed by atoms with Crippen molar-refractivity contribution in [1.29, 1.82) is 0 Å². The van der Waals surface area contributed by atoms with Crippen LogP contribution in [0.3, 0.4) is 0 Å². The van der Waals surface area contributed by atoms with E-state index in [1.807, 2.05) is 12.1 Å². The van der Waals surface area contributed by atoms with Crippen molar-refractivity contribution in [2.75, 3.05) is 11.4 Å². The van der Waals surface area contributed by atoms with E-state index in [9.17, 15) is 4.79 Å². The van der Waals surface area contributed by atoms with Gasteiger partial charge in [0.05, 0.1) is 5.54 Å². The van der Waals surface area contributed by atoms with E-state index in [1.54, 1.807) is 17.0 Å². The molecule has 0 radical (unpaired) electrons. The van der Waals surface area contributed by atoms with Crippen molar-refractivity contribution >= 4 is 35.6 Å². The summed E-state index contributed by atoms with van der Waals surface area (Å²) in [5, 5.41) is 4.71. The largest absolute Gasteiger partial charge is 0.338 e. The van der Waals surface area contributed by atoms with E-state index in [-0.39, 0.29) is 18.3 Å². The molecule has 1 amide bonds. The van der Waals surface area contributed by atoms with E-state index in [4.69, 9.17) is 21.9 Å². The summed E-state index contributed by atoms with van der Waals surface area (Å²) in [7, 11) is 0. The second-order valence-electron chi connectivity index (χ2n) is 6.63. The molecule has 4 rings (SSSR count). The van der Waals surface area contributed by atoms with Gasteiger partial charge in [-0.3, -0.25) is 4.79 Å². The molecule has 0 spiro atoms. The first-order chi connectivity index (χ1) is 11.6. The standard InChI is InChI=1S/C17H19ClN4O2.ClH/c18-11-3-5-12(6-4-11)22-10-7-13(15(22)23)14-20-16(21-24-14)17(19)8-1-2-9-17;/h3-6,13H,1-2,7-10,19H2;1H. The number of aromatic nitrogens is 2. The normalized spacial score (nSPS) is 22.2. The van der Waals surface area contributed by atoms with Crippen LogP contribution in [0.2, 0.25) is 5.02 Å². The molecule has 25 heavy (non-hydrogen) atoms. The molecular formula is C17H20Cl2N4O2. The molecule has 1 aliphatic heterocycles. The van der Waals surface area contributed by atoms with Gasteiger partial charge in [0.15, 0.2) is 5.82 Å². The molecule has 6 nitrogen and oxygen atoms in total. The molecule has 2 fully saturated rings. The SMILES string of the molecule is Cl.NC1(c2noc(C3CCN(c4ccc(Cl)cc4)C3=O)n2)CCCC1. The molecule has 1 aromatic heterocycles. The molecule has 2 N–H and O–H groups in total. The molecule has 2 aliphatic rings. The topological polar surface area (TPSA) is 85.2 Å². The van der Waals surface area contributed by atoms with Crippen LogP contribution in [-0.2, 0) is 10.3 Å². The van der Waals surface area contributed by atoms with Crippen LogP contribution in [-0.4, -0.2) is 22.6 Å². The second kappa shape index (κ2) is 6.94. The number of hydrogen-bond acceptors (Lipinski definition) is 5. The zero-order valence-corrected chi connectivity index (χ0v) is 15.2. The Kier molecular flexibility index (Phi) is 5.04. The van der Waals surface area contributed by atoms with Crippen molar-refractivity contribution in [3.63, 3.8) is 0 Å². The fraction of sp³-hybridized carbons (Fsp3) is 0.471. The Labute approximate surface area is 157 Å². The van der Waals surface area contributed by atoms with Gasteiger partial charge in [-0.2, -0.15) is 4.98 Å². The summed E-state index contributed by atoms with van der Waals surface area (Å²) in [6, 6.07) is 7.24. The van der Waals surface area contributed by atoms with E-state index in [1.165, 1.54) is 0 Å². The maximum Gasteiger partial charge on any atom is 0.239 e. The molecule has 1 unspecified atom stereocenters. The van der Waals surface area contributed by atoms with E-state index in [0.717, 1.165) is 31.4 Å². The van der Waals surface area contributed by atoms with Crippen LogP contribution in [0.1, 0.15) is 49.7 Å². The van der Waals surface area contributed by atoms with Gasteiger partial charge in [-0.1, -0.05) is 29.6 Å². The van der Waals surface area contributed by atoms with Crippen LogP contribution in [0, 0.1) is 0 Å². The number of amides is 1. The molecule has 1 aromatic carbocycles. The van der Waals surface area contributed by atoms with Crippen LogP contribution in [0.15, 0.2) is 28.8 Å². The number of carbonyl (C=O) groups excluding carboxylic acids is 1. The zero-order valence-electron chi connectivity index (χ0n) is 13.7. The van der Waals surface area contributed by atoms with E-state index < -0.39 is 11.5 Å². The summed E-state index contributed by atoms with van der Waals surface area (Å²) in [6.45, 7) is 0.622. The molecule has 2 heterocycles. The molecule has 2 aromatic rings. The highest BCUT2D eigenvalue weighted by atomic mass is 35.5. The Bertz CT molecular complexity index is 756. The molecular weight excluding hydrogens is 363 g/mol. The number of nitrogens with two attached hydrogens (primary N) is 1. The quantitative estimate of drug-likeness (QED) is 0.878. The van der Waals surface area contributed by atoms with Crippen molar-refractivity contribution in [3.8, 4) is 0 Å². The van der Waals surface area contributed by atoms with Crippen molar-refractivity contribution < 1.29 is 9.32 Å². The van der Waals surface area contributed by atoms with Crippen molar-refractivity contribution in [1.82, 2.24) is 10.1 Å². The molecule has 0 bridgehead atoms. The van der Waals surface area contributed by atoms with E-state index in [0.29, 0.717) is 29.7 Å². The van der Waals surface area contributed by atoms with Gasteiger partial charge in [-0.25, -0.2) is 0 Å². The van der Waals surface area contributed by atoms with E-state index >= 15 is 0 Å². The summed E-state index contributed by atoms with van der Waals surface area (Å²) < 4.78 is 5.39. The zero-order chi connectivity index (χ0) is 16.7. The summed E-state index contributed by atoms with van der Waals surface area (Å²) in [4.78, 5) is 18.9. The predicted octanol–water partition coefficient (Wildman–Crippen LogP) is 3.39. The monoisotopic (exact) mass is 382 g/mol. The van der Waals surface area contributed by atoms with Gasteiger partial charge in [0.2, 0.25) is 11.8 Å². The number of hydrogen-bond donors (Lipinski definition) is 1. The van der Waals surface area contributed by atoms with Crippen LogP contribution < -0.4 is 10.6 Å². The maximum absolute atomic E-state index is 12.7. The molecule has 1 saturated carbocycles. The van der Waals surface area contributed by atoms with Crippen LogP contribution in [0.5, 0.6) is 0 Å². The highest BCUT2D eigenvalue weighted by molar-refractivity contribution is 6.30. The summed E-state index contributed by atoms with van der Waals surface area (Å²) in [6.07, 6.45) is 4.53. The number of rotatable bonds is 3. The fourth-order valence-corrected chi connectivity index (χ4v) is 3.72. The minimum Gasteiger partial charge on any atom is -0.338 e. The summed E-state index contributed by atoms with van der Waals surface area (Å²) in [5.74, 6) is 0.493. The number of anilines is 1. The minimum absolute atomic E-state index is 0. The lowest BCUT2D eigenvalue weighted by Gasteiger charge is -2.18. The second-order valence-corrected chi connectivity index (χ2v) is 7.06. The van der Waals surface area contributed by atoms with Gasteiger partial charge in [0.25, 0.3) is 0 Å². The molecule has 134 valence electrons. The molecule has 1 aliphatic carbocycles. The average molecular weight is 383 g/mol. The van der Waals surface area contributed by atoms with Gasteiger partial charge >= 0.3 is 0 Å². The summed E-state index contributed by atoms with van der Waals surface area (Å²) >= 11 is 5.91. The lowest BCUT2D eigenvalue weighted by molar-refractivity contribution is -0.118. The van der Waals surface area contributed by atoms with Gasteiger partial charge in [-0.05, 0) is 43.5 Å². The smallest absolute Gasteiger partial charge is 0.239 e. The fourth-order valence-electron chi connectivity index (χ4n) is 3.59. The Morgan fingerprint density at radius 2 is 1.92 bits per heavy atom. The van der Waals surface area contributed by atoms with Crippen LogP contribution in [0.4, 0.5) is 5.69 Å². The number of carbonyl (C=O) groups is 1. The van der Waals surface area contributed by atoms with Gasteiger partial charge in [0, 0.05) is 17.3 Å².